The molecule has 0 aromatic rings. The Morgan fingerprint density at radius 1 is 1.43 bits per heavy atom. The fourth-order valence-corrected chi connectivity index (χ4v) is 0.800. The Hall–Kier alpha value is -1.31. The lowest BCUT2D eigenvalue weighted by atomic mass is 10.2. The van der Waals surface area contributed by atoms with Crippen molar-refractivity contribution >= 4 is 5.97 Å². The third-order valence-electron chi connectivity index (χ3n) is 1.57. The molecular formula is C12H18O2. The van der Waals surface area contributed by atoms with Crippen LogP contribution in [0.3, 0.4) is 0 Å². The molecule has 2 nitrogen and oxygen atoms in total. The normalized spacial score (nSPS) is 10.1. The smallest absolute Gasteiger partial charge is 0.333 e. The van der Waals surface area contributed by atoms with Gasteiger partial charge in [-0.25, -0.2) is 4.79 Å². The monoisotopic (exact) mass is 194 g/mol. The number of esters is 1. The van der Waals surface area contributed by atoms with E-state index in [9.17, 15) is 4.79 Å². The Morgan fingerprint density at radius 2 is 2.14 bits per heavy atom. The minimum absolute atomic E-state index is 0.305. The van der Waals surface area contributed by atoms with Crippen LogP contribution in [0.1, 0.15) is 26.2 Å². The molecule has 0 atom stereocenters. The summed E-state index contributed by atoms with van der Waals surface area (Å²) in [6, 6.07) is 0. The zero-order valence-electron chi connectivity index (χ0n) is 8.79. The van der Waals surface area contributed by atoms with Crippen molar-refractivity contribution in [3.05, 3.63) is 37.0 Å². The van der Waals surface area contributed by atoms with Crippen molar-refractivity contribution in [3.8, 4) is 0 Å². The summed E-state index contributed by atoms with van der Waals surface area (Å²) in [6.45, 7) is 9.21. The maximum Gasteiger partial charge on any atom is 0.333 e. The van der Waals surface area contributed by atoms with Gasteiger partial charge >= 0.3 is 5.97 Å². The second-order valence-corrected chi connectivity index (χ2v) is 3.05. The van der Waals surface area contributed by atoms with Gasteiger partial charge in [-0.15, -0.1) is 6.58 Å². The SMILES string of the molecule is C=CC/C=C/CCCOC(=O)C(=C)C. The number of hydrogen-bond acceptors (Lipinski definition) is 2. The van der Waals surface area contributed by atoms with Crippen molar-refractivity contribution in [2.75, 3.05) is 6.61 Å². The summed E-state index contributed by atoms with van der Waals surface area (Å²) in [7, 11) is 0. The molecule has 0 radical (unpaired) electrons. The van der Waals surface area contributed by atoms with Crippen LogP contribution in [0.25, 0.3) is 0 Å². The lowest BCUT2D eigenvalue weighted by Crippen LogP contribution is -2.05. The van der Waals surface area contributed by atoms with Gasteiger partial charge in [0.2, 0.25) is 0 Å². The number of rotatable bonds is 7. The molecule has 0 fully saturated rings. The van der Waals surface area contributed by atoms with Crippen LogP contribution >= 0.6 is 0 Å². The minimum Gasteiger partial charge on any atom is -0.462 e. The average molecular weight is 194 g/mol. The van der Waals surface area contributed by atoms with Gasteiger partial charge in [-0.2, -0.15) is 0 Å². The molecule has 0 aromatic carbocycles. The average Bonchev–Trinajstić information content (AvgIpc) is 2.16. The van der Waals surface area contributed by atoms with Crippen molar-refractivity contribution in [1.29, 1.82) is 0 Å². The van der Waals surface area contributed by atoms with E-state index in [1.165, 1.54) is 0 Å². The largest absolute Gasteiger partial charge is 0.462 e. The highest BCUT2D eigenvalue weighted by molar-refractivity contribution is 5.86. The van der Waals surface area contributed by atoms with E-state index in [2.05, 4.69) is 19.2 Å². The molecule has 0 saturated carbocycles. The molecule has 2 heteroatoms. The van der Waals surface area contributed by atoms with Crippen molar-refractivity contribution < 1.29 is 9.53 Å². The highest BCUT2D eigenvalue weighted by Crippen LogP contribution is 1.97. The molecule has 0 saturated heterocycles. The Kier molecular flexibility index (Phi) is 7.52. The topological polar surface area (TPSA) is 26.3 Å². The standard InChI is InChI=1S/C12H18O2/c1-4-5-6-7-8-9-10-14-12(13)11(2)3/h4,6-7H,1-2,5,8-10H2,3H3/b7-6+. The second kappa shape index (κ2) is 8.30. The van der Waals surface area contributed by atoms with Gasteiger partial charge in [0, 0.05) is 5.57 Å². The first-order valence-electron chi connectivity index (χ1n) is 4.77. The van der Waals surface area contributed by atoms with E-state index in [0.29, 0.717) is 12.2 Å². The summed E-state index contributed by atoms with van der Waals surface area (Å²) in [5, 5.41) is 0. The third-order valence-corrected chi connectivity index (χ3v) is 1.57. The maximum absolute atomic E-state index is 10.9. The van der Waals surface area contributed by atoms with E-state index in [4.69, 9.17) is 4.74 Å². The maximum atomic E-state index is 10.9. The fraction of sp³-hybridized carbons (Fsp3) is 0.417. The number of ether oxygens (including phenoxy) is 1. The van der Waals surface area contributed by atoms with Gasteiger partial charge in [-0.3, -0.25) is 0 Å². The third kappa shape index (κ3) is 7.35. The minimum atomic E-state index is -0.305. The van der Waals surface area contributed by atoms with Gasteiger partial charge in [-0.1, -0.05) is 24.8 Å². The number of carbonyl (C=O) groups excluding carboxylic acids is 1. The number of unbranched alkanes of at least 4 members (excludes halogenated alkanes) is 1. The van der Waals surface area contributed by atoms with E-state index in [1.54, 1.807) is 6.92 Å². The molecule has 0 bridgehead atoms. The first-order chi connectivity index (χ1) is 6.68. The molecule has 14 heavy (non-hydrogen) atoms. The van der Waals surface area contributed by atoms with Crippen molar-refractivity contribution in [3.63, 3.8) is 0 Å². The van der Waals surface area contributed by atoms with E-state index >= 15 is 0 Å². The van der Waals surface area contributed by atoms with E-state index in [1.807, 2.05) is 12.2 Å². The molecule has 78 valence electrons. The lowest BCUT2D eigenvalue weighted by molar-refractivity contribution is -0.139. The van der Waals surface area contributed by atoms with Crippen LogP contribution in [0, 0.1) is 0 Å². The van der Waals surface area contributed by atoms with Crippen LogP contribution in [-0.4, -0.2) is 12.6 Å². The van der Waals surface area contributed by atoms with E-state index in [0.717, 1.165) is 19.3 Å². The summed E-state index contributed by atoms with van der Waals surface area (Å²) in [5.41, 5.74) is 0.451. The van der Waals surface area contributed by atoms with Gasteiger partial charge in [0.1, 0.15) is 0 Å². The predicted molar refractivity (Wildman–Crippen MR) is 59.0 cm³/mol. The van der Waals surface area contributed by atoms with Crippen LogP contribution in [0.4, 0.5) is 0 Å². The van der Waals surface area contributed by atoms with Crippen LogP contribution in [-0.2, 0) is 9.53 Å². The van der Waals surface area contributed by atoms with Crippen LogP contribution in [0.15, 0.2) is 37.0 Å². The first kappa shape index (κ1) is 12.7. The Balaban J connectivity index is 3.34. The summed E-state index contributed by atoms with van der Waals surface area (Å²) in [4.78, 5) is 10.9. The predicted octanol–water partition coefficient (Wildman–Crippen LogP) is 3.02. The number of hydrogen-bond donors (Lipinski definition) is 0. The molecule has 0 aliphatic heterocycles. The Morgan fingerprint density at radius 3 is 2.71 bits per heavy atom. The molecule has 0 spiro atoms. The number of carbonyl (C=O) groups is 1. The Labute approximate surface area is 86.0 Å². The molecule has 0 aliphatic rings. The second-order valence-electron chi connectivity index (χ2n) is 3.05. The first-order valence-corrected chi connectivity index (χ1v) is 4.77. The highest BCUT2D eigenvalue weighted by Gasteiger charge is 2.00. The highest BCUT2D eigenvalue weighted by atomic mass is 16.5. The quantitative estimate of drug-likeness (QED) is 0.269. The van der Waals surface area contributed by atoms with Gasteiger partial charge in [0.15, 0.2) is 0 Å². The molecule has 0 amide bonds. The lowest BCUT2D eigenvalue weighted by Gasteiger charge is -2.01. The van der Waals surface area contributed by atoms with Gasteiger partial charge in [0.25, 0.3) is 0 Å². The Bertz CT molecular complexity index is 226. The van der Waals surface area contributed by atoms with Gasteiger partial charge in [0.05, 0.1) is 6.61 Å². The van der Waals surface area contributed by atoms with Crippen molar-refractivity contribution in [2.24, 2.45) is 0 Å². The van der Waals surface area contributed by atoms with Crippen LogP contribution in [0.5, 0.6) is 0 Å². The summed E-state index contributed by atoms with van der Waals surface area (Å²) < 4.78 is 4.92. The van der Waals surface area contributed by atoms with E-state index < -0.39 is 0 Å². The molecule has 0 N–H and O–H groups in total. The zero-order valence-corrected chi connectivity index (χ0v) is 8.79. The molecule has 0 rings (SSSR count). The van der Waals surface area contributed by atoms with Gasteiger partial charge < -0.3 is 4.74 Å². The number of allylic oxidation sites excluding steroid dienone is 3. The van der Waals surface area contributed by atoms with Crippen LogP contribution in [0.2, 0.25) is 0 Å². The fourth-order valence-electron chi connectivity index (χ4n) is 0.800. The molecule has 0 unspecified atom stereocenters. The summed E-state index contributed by atoms with van der Waals surface area (Å²) >= 11 is 0. The molecule has 0 aliphatic carbocycles. The zero-order chi connectivity index (χ0) is 10.8. The molecular weight excluding hydrogens is 176 g/mol. The van der Waals surface area contributed by atoms with Crippen LogP contribution < -0.4 is 0 Å². The molecule has 0 aromatic heterocycles. The van der Waals surface area contributed by atoms with Crippen molar-refractivity contribution in [1.82, 2.24) is 0 Å². The van der Waals surface area contributed by atoms with Gasteiger partial charge in [-0.05, 0) is 26.2 Å². The summed E-state index contributed by atoms with van der Waals surface area (Å²) in [5.74, 6) is -0.305. The molecule has 0 heterocycles. The summed E-state index contributed by atoms with van der Waals surface area (Å²) in [6.07, 6.45) is 8.64. The van der Waals surface area contributed by atoms with E-state index in [-0.39, 0.29) is 5.97 Å². The van der Waals surface area contributed by atoms with Crippen molar-refractivity contribution in [2.45, 2.75) is 26.2 Å².